The second-order valence-electron chi connectivity index (χ2n) is 7.17. The number of carbonyl (C=O) groups excluding carboxylic acids is 2. The van der Waals surface area contributed by atoms with E-state index in [2.05, 4.69) is 0 Å². The van der Waals surface area contributed by atoms with Gasteiger partial charge in [0.1, 0.15) is 11.7 Å². The number of para-hydroxylation sites is 1. The first-order valence-electron chi connectivity index (χ1n) is 9.40. The molecule has 0 aromatic heterocycles. The Labute approximate surface area is 148 Å². The molecular formula is C20H25NO4. The first-order valence-corrected chi connectivity index (χ1v) is 9.40. The summed E-state index contributed by atoms with van der Waals surface area (Å²) in [6, 6.07) is 7.86. The van der Waals surface area contributed by atoms with Crippen molar-refractivity contribution < 1.29 is 19.1 Å². The minimum Gasteiger partial charge on any atom is -0.467 e. The summed E-state index contributed by atoms with van der Waals surface area (Å²) >= 11 is 0. The number of fused-ring (bicyclic) bond motifs is 2. The number of hydrogen-bond acceptors (Lipinski definition) is 4. The van der Waals surface area contributed by atoms with Crippen LogP contribution in [0.2, 0.25) is 0 Å². The van der Waals surface area contributed by atoms with Crippen molar-refractivity contribution in [3.63, 3.8) is 0 Å². The molecule has 2 fully saturated rings. The Morgan fingerprint density at radius 3 is 2.88 bits per heavy atom. The van der Waals surface area contributed by atoms with Crippen molar-refractivity contribution in [1.29, 1.82) is 0 Å². The van der Waals surface area contributed by atoms with Crippen LogP contribution in [0.3, 0.4) is 0 Å². The van der Waals surface area contributed by atoms with Gasteiger partial charge >= 0.3 is 5.97 Å². The molecule has 5 heteroatoms. The second kappa shape index (κ2) is 6.04. The van der Waals surface area contributed by atoms with Gasteiger partial charge < -0.3 is 14.4 Å². The molecule has 4 atom stereocenters. The monoisotopic (exact) mass is 343 g/mol. The van der Waals surface area contributed by atoms with Crippen LogP contribution >= 0.6 is 0 Å². The van der Waals surface area contributed by atoms with Crippen molar-refractivity contribution in [2.75, 3.05) is 13.2 Å². The summed E-state index contributed by atoms with van der Waals surface area (Å²) in [6.07, 6.45) is 3.95. The molecule has 1 aromatic carbocycles. The smallest absolute Gasteiger partial charge is 0.319 e. The number of nitrogens with zero attached hydrogens (tertiary/aromatic N) is 1. The molecular weight excluding hydrogens is 318 g/mol. The Bertz CT molecular complexity index is 703. The summed E-state index contributed by atoms with van der Waals surface area (Å²) in [6.45, 7) is 4.58. The Balaban J connectivity index is 1.90. The number of ether oxygens (including phenoxy) is 2. The third kappa shape index (κ3) is 2.21. The van der Waals surface area contributed by atoms with E-state index < -0.39 is 17.6 Å². The van der Waals surface area contributed by atoms with Gasteiger partial charge in [0.25, 0.3) is 0 Å². The van der Waals surface area contributed by atoms with E-state index in [1.807, 2.05) is 36.1 Å². The summed E-state index contributed by atoms with van der Waals surface area (Å²) in [4.78, 5) is 27.8. The molecule has 2 aliphatic heterocycles. The van der Waals surface area contributed by atoms with Gasteiger partial charge in [-0.05, 0) is 38.3 Å². The standard InChI is InChI=1S/C20H25NO4/c1-3-21-18(22)17(19(23)24-4-2)16-13-9-5-6-11-15(13)25-20(21)12-8-7-10-14(16)20/h5-6,9,11,14,16-17H,3-4,7-8,10,12H2,1-2H3/t14-,16+,17-,20-/m1/s1. The number of benzene rings is 1. The lowest BCUT2D eigenvalue weighted by Crippen LogP contribution is -2.70. The van der Waals surface area contributed by atoms with Gasteiger partial charge in [-0.2, -0.15) is 0 Å². The van der Waals surface area contributed by atoms with Crippen LogP contribution in [0, 0.1) is 11.8 Å². The average molecular weight is 343 g/mol. The Kier molecular flexibility index (Phi) is 3.97. The van der Waals surface area contributed by atoms with Crippen molar-refractivity contribution >= 4 is 11.9 Å². The zero-order chi connectivity index (χ0) is 17.6. The van der Waals surface area contributed by atoms with E-state index in [0.717, 1.165) is 37.0 Å². The maximum absolute atomic E-state index is 13.3. The average Bonchev–Trinajstić information content (AvgIpc) is 2.61. The van der Waals surface area contributed by atoms with Gasteiger partial charge in [-0.3, -0.25) is 9.59 Å². The maximum atomic E-state index is 13.3. The third-order valence-electron chi connectivity index (χ3n) is 6.08. The summed E-state index contributed by atoms with van der Waals surface area (Å²) in [5, 5.41) is 0. The molecule has 134 valence electrons. The van der Waals surface area contributed by atoms with E-state index in [-0.39, 0.29) is 24.3 Å². The second-order valence-corrected chi connectivity index (χ2v) is 7.17. The highest BCUT2D eigenvalue weighted by molar-refractivity contribution is 6.00. The normalized spacial score (nSPS) is 33.1. The van der Waals surface area contributed by atoms with Crippen LogP contribution in [-0.2, 0) is 14.3 Å². The maximum Gasteiger partial charge on any atom is 0.319 e. The zero-order valence-corrected chi connectivity index (χ0v) is 14.9. The van der Waals surface area contributed by atoms with E-state index >= 15 is 0 Å². The number of amides is 1. The molecule has 0 radical (unpaired) electrons. The van der Waals surface area contributed by atoms with Gasteiger partial charge in [-0.15, -0.1) is 0 Å². The molecule has 3 aliphatic rings. The predicted octanol–water partition coefficient (Wildman–Crippen LogP) is 3.09. The SMILES string of the molecule is CCOC(=O)[C@H]1C(=O)N(CC)[C@@]23CCCC[C@@H]2[C@@H]1c1ccccc1O3. The highest BCUT2D eigenvalue weighted by atomic mass is 16.5. The van der Waals surface area contributed by atoms with Crippen molar-refractivity contribution in [3.05, 3.63) is 29.8 Å². The number of esters is 1. The number of hydrogen-bond donors (Lipinski definition) is 0. The highest BCUT2D eigenvalue weighted by Gasteiger charge is 2.64. The summed E-state index contributed by atoms with van der Waals surface area (Å²) in [5.41, 5.74) is 0.374. The fraction of sp³-hybridized carbons (Fsp3) is 0.600. The quantitative estimate of drug-likeness (QED) is 0.625. The first kappa shape index (κ1) is 16.4. The van der Waals surface area contributed by atoms with Crippen LogP contribution in [-0.4, -0.2) is 35.7 Å². The van der Waals surface area contributed by atoms with Gasteiger partial charge in [0.05, 0.1) is 6.61 Å². The topological polar surface area (TPSA) is 55.8 Å². The zero-order valence-electron chi connectivity index (χ0n) is 14.9. The lowest BCUT2D eigenvalue weighted by molar-refractivity contribution is -0.210. The van der Waals surface area contributed by atoms with Crippen molar-refractivity contribution in [2.45, 2.75) is 51.2 Å². The molecule has 1 amide bonds. The Morgan fingerprint density at radius 1 is 1.32 bits per heavy atom. The highest BCUT2D eigenvalue weighted by Crippen LogP contribution is 2.58. The molecule has 1 saturated heterocycles. The molecule has 0 spiro atoms. The van der Waals surface area contributed by atoms with Gasteiger partial charge in [0.2, 0.25) is 5.91 Å². The number of carbonyl (C=O) groups is 2. The van der Waals surface area contributed by atoms with E-state index in [0.29, 0.717) is 6.54 Å². The molecule has 5 nitrogen and oxygen atoms in total. The minimum absolute atomic E-state index is 0.140. The molecule has 0 N–H and O–H groups in total. The van der Waals surface area contributed by atoms with Gasteiger partial charge in [0, 0.05) is 24.8 Å². The predicted molar refractivity (Wildman–Crippen MR) is 92.0 cm³/mol. The summed E-state index contributed by atoms with van der Waals surface area (Å²) in [7, 11) is 0. The van der Waals surface area contributed by atoms with Crippen LogP contribution in [0.25, 0.3) is 0 Å². The third-order valence-corrected chi connectivity index (χ3v) is 6.08. The van der Waals surface area contributed by atoms with Crippen molar-refractivity contribution in [2.24, 2.45) is 11.8 Å². The summed E-state index contributed by atoms with van der Waals surface area (Å²) < 4.78 is 11.8. The van der Waals surface area contributed by atoms with E-state index in [4.69, 9.17) is 9.47 Å². The molecule has 1 aliphatic carbocycles. The van der Waals surface area contributed by atoms with Crippen molar-refractivity contribution in [1.82, 2.24) is 4.90 Å². The fourth-order valence-electron chi connectivity index (χ4n) is 5.21. The molecule has 0 unspecified atom stereocenters. The van der Waals surface area contributed by atoms with E-state index in [1.165, 1.54) is 0 Å². The van der Waals surface area contributed by atoms with Gasteiger partial charge in [-0.1, -0.05) is 24.6 Å². The molecule has 1 aromatic rings. The molecule has 4 rings (SSSR count). The Morgan fingerprint density at radius 2 is 2.12 bits per heavy atom. The lowest BCUT2D eigenvalue weighted by atomic mass is 9.61. The largest absolute Gasteiger partial charge is 0.467 e. The lowest BCUT2D eigenvalue weighted by Gasteiger charge is -2.60. The van der Waals surface area contributed by atoms with Crippen LogP contribution in [0.4, 0.5) is 0 Å². The van der Waals surface area contributed by atoms with Crippen LogP contribution in [0.15, 0.2) is 24.3 Å². The number of likely N-dealkylation sites (tertiary alicyclic amines) is 1. The molecule has 2 bridgehead atoms. The van der Waals surface area contributed by atoms with E-state index in [9.17, 15) is 9.59 Å². The first-order chi connectivity index (χ1) is 12.1. The van der Waals surface area contributed by atoms with Crippen LogP contribution < -0.4 is 4.74 Å². The molecule has 2 heterocycles. The van der Waals surface area contributed by atoms with E-state index in [1.54, 1.807) is 6.92 Å². The Hall–Kier alpha value is -2.04. The van der Waals surface area contributed by atoms with Gasteiger partial charge in [0.15, 0.2) is 5.72 Å². The minimum atomic E-state index is -0.763. The molecule has 1 saturated carbocycles. The number of rotatable bonds is 3. The molecule has 25 heavy (non-hydrogen) atoms. The fourth-order valence-corrected chi connectivity index (χ4v) is 5.21. The summed E-state index contributed by atoms with van der Waals surface area (Å²) in [5.74, 6) is -0.500. The van der Waals surface area contributed by atoms with Crippen LogP contribution in [0.1, 0.15) is 51.0 Å². The van der Waals surface area contributed by atoms with Gasteiger partial charge in [-0.25, -0.2) is 0 Å². The van der Waals surface area contributed by atoms with Crippen molar-refractivity contribution in [3.8, 4) is 5.75 Å². The van der Waals surface area contributed by atoms with Crippen LogP contribution in [0.5, 0.6) is 5.75 Å². The number of piperidine rings is 1.